The molecule has 0 saturated heterocycles. The van der Waals surface area contributed by atoms with E-state index in [2.05, 4.69) is 5.10 Å². The molecule has 1 N–H and O–H groups in total. The second kappa shape index (κ2) is 4.45. The Morgan fingerprint density at radius 2 is 2.00 bits per heavy atom. The highest BCUT2D eigenvalue weighted by Crippen LogP contribution is 2.26. The fourth-order valence-electron chi connectivity index (χ4n) is 1.89. The molecule has 0 saturated carbocycles. The molecule has 5 heteroatoms. The number of carboxylic acids is 1. The van der Waals surface area contributed by atoms with Gasteiger partial charge in [0.25, 0.3) is 0 Å². The van der Waals surface area contributed by atoms with Crippen LogP contribution in [0.4, 0.5) is 0 Å². The van der Waals surface area contributed by atoms with Crippen LogP contribution >= 0.6 is 0 Å². The van der Waals surface area contributed by atoms with Gasteiger partial charge in [0.2, 0.25) is 0 Å². The second-order valence-electron chi connectivity index (χ2n) is 3.95. The number of nitrogens with zero attached hydrogens (tertiary/aromatic N) is 2. The Balaban J connectivity index is 2.12. The van der Waals surface area contributed by atoms with Crippen molar-refractivity contribution in [3.8, 4) is 17.0 Å². The van der Waals surface area contributed by atoms with Gasteiger partial charge in [-0.25, -0.2) is 9.48 Å². The van der Waals surface area contributed by atoms with E-state index in [4.69, 9.17) is 9.52 Å². The summed E-state index contributed by atoms with van der Waals surface area (Å²) in [4.78, 5) is 10.9. The predicted molar refractivity (Wildman–Crippen MR) is 68.2 cm³/mol. The number of hydrogen-bond acceptors (Lipinski definition) is 3. The average molecular weight is 254 g/mol. The maximum atomic E-state index is 10.9. The Kier molecular flexibility index (Phi) is 2.64. The fourth-order valence-corrected chi connectivity index (χ4v) is 1.89. The summed E-state index contributed by atoms with van der Waals surface area (Å²) in [6.07, 6.45) is 3.21. The molecule has 94 valence electrons. The first-order valence-corrected chi connectivity index (χ1v) is 5.68. The third kappa shape index (κ3) is 2.01. The topological polar surface area (TPSA) is 68.3 Å². The summed E-state index contributed by atoms with van der Waals surface area (Å²) in [6.45, 7) is 0. The van der Waals surface area contributed by atoms with Crippen molar-refractivity contribution in [2.75, 3.05) is 0 Å². The summed E-state index contributed by atoms with van der Waals surface area (Å²) in [5.41, 5.74) is 1.63. The molecule has 5 nitrogen and oxygen atoms in total. The zero-order valence-electron chi connectivity index (χ0n) is 9.85. The van der Waals surface area contributed by atoms with E-state index in [0.717, 1.165) is 11.3 Å². The van der Waals surface area contributed by atoms with Gasteiger partial charge in [-0.15, -0.1) is 0 Å². The van der Waals surface area contributed by atoms with E-state index >= 15 is 0 Å². The summed E-state index contributed by atoms with van der Waals surface area (Å²) < 4.78 is 6.91. The van der Waals surface area contributed by atoms with Crippen LogP contribution in [0.25, 0.3) is 17.0 Å². The number of para-hydroxylation sites is 1. The second-order valence-corrected chi connectivity index (χ2v) is 3.95. The molecule has 0 aliphatic rings. The first-order chi connectivity index (χ1) is 9.25. The Labute approximate surface area is 108 Å². The molecule has 3 aromatic rings. The van der Waals surface area contributed by atoms with E-state index < -0.39 is 5.97 Å². The Morgan fingerprint density at radius 1 is 1.16 bits per heavy atom. The number of carboxylic acid groups (broad SMARTS) is 1. The average Bonchev–Trinajstić information content (AvgIpc) is 3.10. The third-order valence-corrected chi connectivity index (χ3v) is 2.75. The van der Waals surface area contributed by atoms with Gasteiger partial charge in [-0.3, -0.25) is 0 Å². The van der Waals surface area contributed by atoms with Crippen molar-refractivity contribution in [2.24, 2.45) is 0 Å². The maximum absolute atomic E-state index is 10.9. The highest BCUT2D eigenvalue weighted by atomic mass is 16.4. The normalized spacial score (nSPS) is 10.5. The van der Waals surface area contributed by atoms with Crippen LogP contribution in [0.3, 0.4) is 0 Å². The highest BCUT2D eigenvalue weighted by molar-refractivity contribution is 5.85. The molecule has 0 atom stereocenters. The molecule has 0 spiro atoms. The summed E-state index contributed by atoms with van der Waals surface area (Å²) in [6, 6.07) is 12.6. The van der Waals surface area contributed by atoms with Crippen molar-refractivity contribution < 1.29 is 14.3 Å². The summed E-state index contributed by atoms with van der Waals surface area (Å²) >= 11 is 0. The maximum Gasteiger partial charge on any atom is 0.356 e. The lowest BCUT2D eigenvalue weighted by atomic mass is 10.1. The van der Waals surface area contributed by atoms with Crippen LogP contribution in [0.15, 0.2) is 59.3 Å². The molecule has 0 bridgehead atoms. The van der Waals surface area contributed by atoms with E-state index in [1.54, 1.807) is 18.5 Å². The largest absolute Gasteiger partial charge is 0.476 e. The molecule has 1 aromatic carbocycles. The van der Waals surface area contributed by atoms with E-state index in [1.807, 2.05) is 30.3 Å². The van der Waals surface area contributed by atoms with Gasteiger partial charge in [0.05, 0.1) is 12.0 Å². The van der Waals surface area contributed by atoms with Gasteiger partial charge >= 0.3 is 5.97 Å². The highest BCUT2D eigenvalue weighted by Gasteiger charge is 2.12. The first-order valence-electron chi connectivity index (χ1n) is 5.68. The zero-order chi connectivity index (χ0) is 13.2. The monoisotopic (exact) mass is 254 g/mol. The minimum Gasteiger partial charge on any atom is -0.476 e. The molecule has 3 rings (SSSR count). The van der Waals surface area contributed by atoms with E-state index in [0.29, 0.717) is 5.76 Å². The van der Waals surface area contributed by atoms with E-state index in [1.165, 1.54) is 10.7 Å². The zero-order valence-corrected chi connectivity index (χ0v) is 9.85. The number of aromatic carboxylic acids is 1. The minimum atomic E-state index is -1.05. The lowest BCUT2D eigenvalue weighted by molar-refractivity contribution is 0.0690. The van der Waals surface area contributed by atoms with Gasteiger partial charge in [0.1, 0.15) is 5.76 Å². The molecule has 0 fully saturated rings. The molecular weight excluding hydrogens is 244 g/mol. The third-order valence-electron chi connectivity index (χ3n) is 2.75. The predicted octanol–water partition coefficient (Wildman–Crippen LogP) is 2.83. The van der Waals surface area contributed by atoms with Gasteiger partial charge in [0, 0.05) is 11.8 Å². The summed E-state index contributed by atoms with van der Waals surface area (Å²) in [5, 5.41) is 12.9. The van der Waals surface area contributed by atoms with Crippen LogP contribution in [-0.4, -0.2) is 20.9 Å². The number of hydrogen-bond donors (Lipinski definition) is 1. The quantitative estimate of drug-likeness (QED) is 0.780. The molecular formula is C14H10N2O3. The van der Waals surface area contributed by atoms with Crippen LogP contribution in [0.1, 0.15) is 10.5 Å². The Bertz CT molecular complexity index is 714. The standard InChI is InChI=1S/C14H10N2O3/c17-14(18)11-7-8-16(15-11)12-5-2-1-4-10(12)13-6-3-9-19-13/h1-9H,(H,17,18). The summed E-state index contributed by atoms with van der Waals surface area (Å²) in [7, 11) is 0. The van der Waals surface area contributed by atoms with Gasteiger partial charge in [-0.1, -0.05) is 12.1 Å². The summed E-state index contributed by atoms with van der Waals surface area (Å²) in [5.74, 6) is -0.336. The number of rotatable bonds is 3. The van der Waals surface area contributed by atoms with Gasteiger partial charge < -0.3 is 9.52 Å². The first kappa shape index (κ1) is 11.3. The van der Waals surface area contributed by atoms with Crippen molar-refractivity contribution in [3.63, 3.8) is 0 Å². The van der Waals surface area contributed by atoms with Gasteiger partial charge in [-0.05, 0) is 30.3 Å². The molecule has 0 aliphatic carbocycles. The van der Waals surface area contributed by atoms with Crippen LogP contribution in [0, 0.1) is 0 Å². The molecule has 0 radical (unpaired) electrons. The number of furan rings is 1. The number of aromatic nitrogens is 2. The molecule has 2 aromatic heterocycles. The lowest BCUT2D eigenvalue weighted by Crippen LogP contribution is -2.02. The molecule has 19 heavy (non-hydrogen) atoms. The van der Waals surface area contributed by atoms with Crippen molar-refractivity contribution in [2.45, 2.75) is 0 Å². The van der Waals surface area contributed by atoms with Gasteiger partial charge in [0.15, 0.2) is 5.69 Å². The van der Waals surface area contributed by atoms with Crippen molar-refractivity contribution in [1.29, 1.82) is 0 Å². The molecule has 0 aliphatic heterocycles. The van der Waals surface area contributed by atoms with Crippen LogP contribution in [0.5, 0.6) is 0 Å². The molecule has 2 heterocycles. The Hall–Kier alpha value is -2.82. The van der Waals surface area contributed by atoms with Crippen LogP contribution in [0.2, 0.25) is 0 Å². The number of benzene rings is 1. The van der Waals surface area contributed by atoms with Crippen LogP contribution < -0.4 is 0 Å². The SMILES string of the molecule is O=C(O)c1ccn(-c2ccccc2-c2ccco2)n1. The number of carbonyl (C=O) groups is 1. The lowest BCUT2D eigenvalue weighted by Gasteiger charge is -2.06. The van der Waals surface area contributed by atoms with E-state index in [9.17, 15) is 4.79 Å². The smallest absolute Gasteiger partial charge is 0.356 e. The van der Waals surface area contributed by atoms with Crippen LogP contribution in [-0.2, 0) is 0 Å². The fraction of sp³-hybridized carbons (Fsp3) is 0. The van der Waals surface area contributed by atoms with Crippen molar-refractivity contribution in [3.05, 3.63) is 60.6 Å². The van der Waals surface area contributed by atoms with Crippen molar-refractivity contribution in [1.82, 2.24) is 9.78 Å². The minimum absolute atomic E-state index is 0.00856. The Morgan fingerprint density at radius 3 is 2.68 bits per heavy atom. The van der Waals surface area contributed by atoms with E-state index in [-0.39, 0.29) is 5.69 Å². The van der Waals surface area contributed by atoms with Crippen molar-refractivity contribution >= 4 is 5.97 Å². The molecule has 0 unspecified atom stereocenters. The van der Waals surface area contributed by atoms with Gasteiger partial charge in [-0.2, -0.15) is 5.10 Å². The molecule has 0 amide bonds.